The molecule has 2 heterocycles. The van der Waals surface area contributed by atoms with Gasteiger partial charge in [0.15, 0.2) is 9.84 Å². The van der Waals surface area contributed by atoms with Crippen LogP contribution < -0.4 is 0 Å². The molecule has 0 aliphatic carbocycles. The summed E-state index contributed by atoms with van der Waals surface area (Å²) in [5.74, 6) is -0.195. The van der Waals surface area contributed by atoms with Crippen molar-refractivity contribution >= 4 is 25.8 Å². The maximum atomic E-state index is 11.4. The smallest absolute Gasteiger partial charge is 0.153 e. The second-order valence-corrected chi connectivity index (χ2v) is 6.88. The molecule has 1 saturated heterocycles. The van der Waals surface area contributed by atoms with Crippen LogP contribution in [0.4, 0.5) is 0 Å². The van der Waals surface area contributed by atoms with E-state index in [9.17, 15) is 13.5 Å². The van der Waals surface area contributed by atoms with Crippen LogP contribution in [0.3, 0.4) is 0 Å². The predicted octanol–water partition coefficient (Wildman–Crippen LogP) is 0.189. The highest BCUT2D eigenvalue weighted by Gasteiger charge is 2.45. The van der Waals surface area contributed by atoms with E-state index in [1.807, 2.05) is 0 Å². The van der Waals surface area contributed by atoms with Crippen LogP contribution in [0.1, 0.15) is 12.1 Å². The molecule has 1 aliphatic rings. The fraction of sp³-hybridized carbons (Fsp3) is 0.625. The van der Waals surface area contributed by atoms with Crippen LogP contribution in [0.2, 0.25) is 0 Å². The Morgan fingerprint density at radius 3 is 2.73 bits per heavy atom. The minimum atomic E-state index is -3.13. The van der Waals surface area contributed by atoms with E-state index in [4.69, 9.17) is 0 Å². The molecular formula is C8H11BrN2O3S. The van der Waals surface area contributed by atoms with Gasteiger partial charge in [-0.25, -0.2) is 8.42 Å². The van der Waals surface area contributed by atoms with Gasteiger partial charge in [0.1, 0.15) is 5.60 Å². The number of hydrogen-bond donors (Lipinski definition) is 1. The van der Waals surface area contributed by atoms with Crippen LogP contribution >= 0.6 is 15.9 Å². The van der Waals surface area contributed by atoms with Crippen molar-refractivity contribution < 1.29 is 13.5 Å². The van der Waals surface area contributed by atoms with Gasteiger partial charge < -0.3 is 5.11 Å². The zero-order valence-electron chi connectivity index (χ0n) is 8.14. The van der Waals surface area contributed by atoms with Gasteiger partial charge in [-0.05, 0) is 22.4 Å². The van der Waals surface area contributed by atoms with E-state index in [-0.39, 0.29) is 17.9 Å². The molecule has 15 heavy (non-hydrogen) atoms. The largest absolute Gasteiger partial charge is 0.382 e. The molecule has 0 spiro atoms. The highest BCUT2D eigenvalue weighted by atomic mass is 79.9. The van der Waals surface area contributed by atoms with Crippen molar-refractivity contribution in [3.05, 3.63) is 16.4 Å². The number of hydrogen-bond acceptors (Lipinski definition) is 4. The van der Waals surface area contributed by atoms with Gasteiger partial charge in [0, 0.05) is 7.05 Å². The van der Waals surface area contributed by atoms with E-state index in [2.05, 4.69) is 21.0 Å². The van der Waals surface area contributed by atoms with Crippen molar-refractivity contribution in [3.8, 4) is 0 Å². The Bertz CT molecular complexity index is 476. The lowest BCUT2D eigenvalue weighted by Gasteiger charge is -2.21. The third-order valence-corrected chi connectivity index (χ3v) is 4.94. The molecule has 7 heteroatoms. The molecule has 0 bridgehead atoms. The summed E-state index contributed by atoms with van der Waals surface area (Å²) in [6.07, 6.45) is 1.78. The summed E-state index contributed by atoms with van der Waals surface area (Å²) in [6, 6.07) is 0. The van der Waals surface area contributed by atoms with Crippen molar-refractivity contribution in [2.75, 3.05) is 11.5 Å². The minimum absolute atomic E-state index is 0.0289. The third kappa shape index (κ3) is 1.83. The Hall–Kier alpha value is -0.400. The summed E-state index contributed by atoms with van der Waals surface area (Å²) >= 11 is 3.26. The standard InChI is InChI=1S/C8H11BrN2O3S/c1-11-7(6(9)4-10-11)8(12)2-3-15(13,14)5-8/h4,12H,2-3,5H2,1H3. The highest BCUT2D eigenvalue weighted by Crippen LogP contribution is 2.36. The number of sulfone groups is 1. The molecular weight excluding hydrogens is 284 g/mol. The molecule has 1 fully saturated rings. The fourth-order valence-electron chi connectivity index (χ4n) is 1.95. The Kier molecular flexibility index (Phi) is 2.44. The molecule has 1 N–H and O–H groups in total. The average molecular weight is 295 g/mol. The van der Waals surface area contributed by atoms with Gasteiger partial charge >= 0.3 is 0 Å². The second kappa shape index (κ2) is 3.29. The Morgan fingerprint density at radius 1 is 1.67 bits per heavy atom. The monoisotopic (exact) mass is 294 g/mol. The Labute approximate surface area is 96.1 Å². The van der Waals surface area contributed by atoms with Gasteiger partial charge in [0.25, 0.3) is 0 Å². The molecule has 0 saturated carbocycles. The summed E-state index contributed by atoms with van der Waals surface area (Å²) in [7, 11) is -1.44. The molecule has 1 atom stereocenters. The summed E-state index contributed by atoms with van der Waals surface area (Å²) in [5.41, 5.74) is -0.772. The van der Waals surface area contributed by atoms with E-state index in [0.29, 0.717) is 10.2 Å². The predicted molar refractivity (Wildman–Crippen MR) is 58.1 cm³/mol. The molecule has 2 rings (SSSR count). The average Bonchev–Trinajstić information content (AvgIpc) is 2.55. The van der Waals surface area contributed by atoms with Crippen molar-refractivity contribution in [1.82, 2.24) is 9.78 Å². The zero-order chi connectivity index (χ0) is 11.3. The summed E-state index contributed by atoms with van der Waals surface area (Å²) < 4.78 is 24.9. The van der Waals surface area contributed by atoms with E-state index in [1.165, 1.54) is 4.68 Å². The van der Waals surface area contributed by atoms with Gasteiger partial charge in [-0.1, -0.05) is 0 Å². The topological polar surface area (TPSA) is 72.2 Å². The molecule has 0 radical (unpaired) electrons. The Morgan fingerprint density at radius 2 is 2.33 bits per heavy atom. The van der Waals surface area contributed by atoms with Gasteiger partial charge in [0.05, 0.1) is 27.9 Å². The van der Waals surface area contributed by atoms with Gasteiger partial charge in [-0.3, -0.25) is 4.68 Å². The number of aryl methyl sites for hydroxylation is 1. The first-order chi connectivity index (χ1) is 6.84. The summed E-state index contributed by atoms with van der Waals surface area (Å²) in [6.45, 7) is 0. The first-order valence-electron chi connectivity index (χ1n) is 4.45. The molecule has 1 aromatic rings. The lowest BCUT2D eigenvalue weighted by Crippen LogP contribution is -2.30. The van der Waals surface area contributed by atoms with E-state index < -0.39 is 15.4 Å². The molecule has 5 nitrogen and oxygen atoms in total. The molecule has 1 unspecified atom stereocenters. The number of halogens is 1. The molecule has 0 aromatic carbocycles. The number of nitrogens with zero attached hydrogens (tertiary/aromatic N) is 2. The quantitative estimate of drug-likeness (QED) is 0.802. The van der Waals surface area contributed by atoms with Gasteiger partial charge in [-0.2, -0.15) is 5.10 Å². The zero-order valence-corrected chi connectivity index (χ0v) is 10.5. The first-order valence-corrected chi connectivity index (χ1v) is 7.06. The van der Waals surface area contributed by atoms with Crippen LogP contribution in [-0.4, -0.2) is 34.8 Å². The van der Waals surface area contributed by atoms with Crippen molar-refractivity contribution in [1.29, 1.82) is 0 Å². The maximum Gasteiger partial charge on any atom is 0.153 e. The lowest BCUT2D eigenvalue weighted by atomic mass is 9.99. The van der Waals surface area contributed by atoms with Crippen LogP contribution in [0, 0.1) is 0 Å². The summed E-state index contributed by atoms with van der Waals surface area (Å²) in [4.78, 5) is 0. The number of aliphatic hydroxyl groups is 1. The molecule has 84 valence electrons. The Balaban J connectivity index is 2.48. The van der Waals surface area contributed by atoms with E-state index in [1.54, 1.807) is 13.2 Å². The van der Waals surface area contributed by atoms with Crippen molar-refractivity contribution in [3.63, 3.8) is 0 Å². The van der Waals surface area contributed by atoms with Crippen LogP contribution in [0.15, 0.2) is 10.7 Å². The number of rotatable bonds is 1. The van der Waals surface area contributed by atoms with E-state index in [0.717, 1.165) is 0 Å². The van der Waals surface area contributed by atoms with Crippen LogP contribution in [0.5, 0.6) is 0 Å². The SMILES string of the molecule is Cn1ncc(Br)c1C1(O)CCS(=O)(=O)C1. The second-order valence-electron chi connectivity index (χ2n) is 3.84. The molecule has 0 amide bonds. The number of aromatic nitrogens is 2. The van der Waals surface area contributed by atoms with Crippen molar-refractivity contribution in [2.24, 2.45) is 7.05 Å². The van der Waals surface area contributed by atoms with Gasteiger partial charge in [0.2, 0.25) is 0 Å². The highest BCUT2D eigenvalue weighted by molar-refractivity contribution is 9.10. The summed E-state index contributed by atoms with van der Waals surface area (Å²) in [5, 5.41) is 14.2. The fourth-order valence-corrected chi connectivity index (χ4v) is 4.47. The molecule has 1 aromatic heterocycles. The maximum absolute atomic E-state index is 11.4. The van der Waals surface area contributed by atoms with Crippen molar-refractivity contribution in [2.45, 2.75) is 12.0 Å². The van der Waals surface area contributed by atoms with Crippen LogP contribution in [-0.2, 0) is 22.5 Å². The van der Waals surface area contributed by atoms with E-state index >= 15 is 0 Å². The third-order valence-electron chi connectivity index (χ3n) is 2.62. The van der Waals surface area contributed by atoms with Gasteiger partial charge in [-0.15, -0.1) is 0 Å². The lowest BCUT2D eigenvalue weighted by molar-refractivity contribution is 0.0558. The van der Waals surface area contributed by atoms with Crippen LogP contribution in [0.25, 0.3) is 0 Å². The minimum Gasteiger partial charge on any atom is -0.382 e. The first kappa shape index (κ1) is 11.1. The normalized spacial score (nSPS) is 29.5. The molecule has 1 aliphatic heterocycles.